The number of rotatable bonds is 2. The molecule has 2 aromatic heterocycles. The molecule has 2 aromatic rings. The Morgan fingerprint density at radius 2 is 2.08 bits per heavy atom. The van der Waals surface area contributed by atoms with Gasteiger partial charge in [0.2, 0.25) is 5.91 Å². The number of amides is 2. The Labute approximate surface area is 146 Å². The van der Waals surface area contributed by atoms with E-state index in [4.69, 9.17) is 0 Å². The van der Waals surface area contributed by atoms with Crippen LogP contribution in [0.1, 0.15) is 41.2 Å². The Hall–Kier alpha value is -2.57. The molecule has 0 radical (unpaired) electrons. The molecule has 1 atom stereocenters. The molecule has 4 heterocycles. The van der Waals surface area contributed by atoms with Crippen LogP contribution in [0.2, 0.25) is 0 Å². The van der Waals surface area contributed by atoms with Crippen molar-refractivity contribution in [1.82, 2.24) is 24.6 Å². The van der Waals surface area contributed by atoms with Crippen LogP contribution in [0.4, 0.5) is 0 Å². The fourth-order valence-electron chi connectivity index (χ4n) is 4.45. The number of hydrogen-bond donors (Lipinski definition) is 1. The maximum absolute atomic E-state index is 12.6. The Morgan fingerprint density at radius 3 is 2.68 bits per heavy atom. The van der Waals surface area contributed by atoms with Gasteiger partial charge in [-0.25, -0.2) is 0 Å². The molecule has 2 fully saturated rings. The van der Waals surface area contributed by atoms with Crippen LogP contribution in [0.25, 0.3) is 0 Å². The summed E-state index contributed by atoms with van der Waals surface area (Å²) < 4.78 is 1.79. The van der Waals surface area contributed by atoms with Crippen molar-refractivity contribution in [3.63, 3.8) is 0 Å². The van der Waals surface area contributed by atoms with Crippen LogP contribution in [0.15, 0.2) is 30.7 Å². The summed E-state index contributed by atoms with van der Waals surface area (Å²) in [5.74, 6) is 0.351. The summed E-state index contributed by atoms with van der Waals surface area (Å²) >= 11 is 0. The minimum atomic E-state index is -0.216. The van der Waals surface area contributed by atoms with Crippen molar-refractivity contribution in [1.29, 1.82) is 0 Å². The number of aromatic amines is 1. The number of hydrogen-bond acceptors (Lipinski definition) is 3. The van der Waals surface area contributed by atoms with Crippen molar-refractivity contribution >= 4 is 11.8 Å². The third kappa shape index (κ3) is 2.45. The van der Waals surface area contributed by atoms with Gasteiger partial charge in [-0.2, -0.15) is 5.10 Å². The fraction of sp³-hybridized carbons (Fsp3) is 0.500. The second-order valence-corrected chi connectivity index (χ2v) is 7.14. The maximum Gasteiger partial charge on any atom is 0.270 e. The number of H-pyrrole nitrogens is 1. The summed E-state index contributed by atoms with van der Waals surface area (Å²) in [7, 11) is 3.80. The average Bonchev–Trinajstić information content (AvgIpc) is 3.33. The van der Waals surface area contributed by atoms with Crippen molar-refractivity contribution < 1.29 is 9.59 Å². The lowest BCUT2D eigenvalue weighted by Gasteiger charge is -2.46. The molecule has 2 aliphatic rings. The first kappa shape index (κ1) is 15.9. The van der Waals surface area contributed by atoms with E-state index in [9.17, 15) is 9.59 Å². The molecule has 0 unspecified atom stereocenters. The van der Waals surface area contributed by atoms with Crippen LogP contribution >= 0.6 is 0 Å². The van der Waals surface area contributed by atoms with E-state index < -0.39 is 0 Å². The fourth-order valence-corrected chi connectivity index (χ4v) is 4.45. The van der Waals surface area contributed by atoms with Crippen LogP contribution in [-0.2, 0) is 11.8 Å². The van der Waals surface area contributed by atoms with Crippen molar-refractivity contribution in [3.8, 4) is 0 Å². The van der Waals surface area contributed by atoms with Crippen molar-refractivity contribution in [3.05, 3.63) is 42.0 Å². The van der Waals surface area contributed by atoms with Crippen LogP contribution in [0, 0.1) is 0 Å². The molecule has 2 amide bonds. The van der Waals surface area contributed by atoms with Crippen molar-refractivity contribution in [2.75, 3.05) is 20.1 Å². The zero-order chi connectivity index (χ0) is 17.6. The largest absolute Gasteiger partial charge is 0.357 e. The first-order valence-electron chi connectivity index (χ1n) is 8.69. The monoisotopic (exact) mass is 341 g/mol. The van der Waals surface area contributed by atoms with E-state index in [-0.39, 0.29) is 23.3 Å². The third-order valence-corrected chi connectivity index (χ3v) is 5.94. The van der Waals surface area contributed by atoms with Gasteiger partial charge in [-0.05, 0) is 30.5 Å². The predicted molar refractivity (Wildman–Crippen MR) is 92.0 cm³/mol. The standard InChI is InChI=1S/C18H23N5O2/c1-21-12-13(11-20-21)14-10-16(24)22(2)18(14)5-8-23(9-6-18)17(25)15-4-3-7-19-15/h3-4,7,11-12,14,19H,5-6,8-10H2,1-2H3/t14-/m1/s1. The normalized spacial score (nSPS) is 22.8. The molecule has 2 aliphatic heterocycles. The molecule has 132 valence electrons. The minimum Gasteiger partial charge on any atom is -0.357 e. The molecular formula is C18H23N5O2. The zero-order valence-corrected chi connectivity index (χ0v) is 14.6. The lowest BCUT2D eigenvalue weighted by Crippen LogP contribution is -2.55. The number of nitrogens with one attached hydrogen (secondary N) is 1. The van der Waals surface area contributed by atoms with E-state index >= 15 is 0 Å². The van der Waals surface area contributed by atoms with Gasteiger partial charge >= 0.3 is 0 Å². The zero-order valence-electron chi connectivity index (χ0n) is 14.6. The van der Waals surface area contributed by atoms with E-state index in [1.54, 1.807) is 16.9 Å². The Balaban J connectivity index is 1.56. The summed E-state index contributed by atoms with van der Waals surface area (Å²) in [5.41, 5.74) is 1.52. The second kappa shape index (κ2) is 5.75. The number of aromatic nitrogens is 3. The molecule has 0 bridgehead atoms. The first-order valence-corrected chi connectivity index (χ1v) is 8.69. The third-order valence-electron chi connectivity index (χ3n) is 5.94. The van der Waals surface area contributed by atoms with E-state index in [0.717, 1.165) is 18.4 Å². The number of nitrogens with zero attached hydrogens (tertiary/aromatic N) is 4. The molecule has 2 saturated heterocycles. The molecular weight excluding hydrogens is 318 g/mol. The average molecular weight is 341 g/mol. The number of likely N-dealkylation sites (N-methyl/N-ethyl adjacent to an activating group) is 1. The molecule has 1 N–H and O–H groups in total. The molecule has 7 heteroatoms. The van der Waals surface area contributed by atoms with Crippen LogP contribution in [-0.4, -0.2) is 62.1 Å². The highest BCUT2D eigenvalue weighted by Gasteiger charge is 2.53. The maximum atomic E-state index is 12.6. The van der Waals surface area contributed by atoms with Gasteiger partial charge < -0.3 is 14.8 Å². The molecule has 1 spiro atoms. The van der Waals surface area contributed by atoms with Gasteiger partial charge in [0.15, 0.2) is 0 Å². The highest BCUT2D eigenvalue weighted by Crippen LogP contribution is 2.48. The summed E-state index contributed by atoms with van der Waals surface area (Å²) in [6.07, 6.45) is 7.75. The molecule has 25 heavy (non-hydrogen) atoms. The minimum absolute atomic E-state index is 0.0322. The number of piperidine rings is 1. The Bertz CT molecular complexity index is 786. The van der Waals surface area contributed by atoms with E-state index in [0.29, 0.717) is 25.2 Å². The summed E-state index contributed by atoms with van der Waals surface area (Å²) in [6.45, 7) is 1.32. The number of aryl methyl sites for hydroxylation is 1. The Morgan fingerprint density at radius 1 is 1.32 bits per heavy atom. The predicted octanol–water partition coefficient (Wildman–Crippen LogP) is 1.37. The Kier molecular flexibility index (Phi) is 3.67. The van der Waals surface area contributed by atoms with Gasteiger partial charge in [0.25, 0.3) is 5.91 Å². The van der Waals surface area contributed by atoms with Gasteiger partial charge in [0.1, 0.15) is 5.69 Å². The first-order chi connectivity index (χ1) is 12.0. The van der Waals surface area contributed by atoms with Crippen LogP contribution < -0.4 is 0 Å². The molecule has 4 rings (SSSR count). The van der Waals surface area contributed by atoms with Gasteiger partial charge in [0, 0.05) is 51.9 Å². The molecule has 0 aliphatic carbocycles. The van der Waals surface area contributed by atoms with Gasteiger partial charge in [0.05, 0.1) is 11.7 Å². The smallest absolute Gasteiger partial charge is 0.270 e. The van der Waals surface area contributed by atoms with Gasteiger partial charge in [-0.15, -0.1) is 0 Å². The lowest BCUT2D eigenvalue weighted by molar-refractivity contribution is -0.130. The highest BCUT2D eigenvalue weighted by molar-refractivity contribution is 5.92. The summed E-state index contributed by atoms with van der Waals surface area (Å²) in [6, 6.07) is 3.64. The quantitative estimate of drug-likeness (QED) is 0.896. The van der Waals surface area contributed by atoms with Crippen LogP contribution in [0.5, 0.6) is 0 Å². The van der Waals surface area contributed by atoms with Crippen molar-refractivity contribution in [2.24, 2.45) is 7.05 Å². The van der Waals surface area contributed by atoms with Gasteiger partial charge in [-0.1, -0.05) is 0 Å². The van der Waals surface area contributed by atoms with E-state index in [1.165, 1.54) is 0 Å². The van der Waals surface area contributed by atoms with Crippen LogP contribution in [0.3, 0.4) is 0 Å². The van der Waals surface area contributed by atoms with E-state index in [2.05, 4.69) is 10.1 Å². The summed E-state index contributed by atoms with van der Waals surface area (Å²) in [5, 5.41) is 4.28. The second-order valence-electron chi connectivity index (χ2n) is 7.14. The van der Waals surface area contributed by atoms with Gasteiger partial charge in [-0.3, -0.25) is 14.3 Å². The lowest BCUT2D eigenvalue weighted by atomic mass is 9.74. The van der Waals surface area contributed by atoms with Crippen molar-refractivity contribution in [2.45, 2.75) is 30.7 Å². The highest BCUT2D eigenvalue weighted by atomic mass is 16.2. The number of carbonyl (C=O) groups is 2. The topological polar surface area (TPSA) is 74.2 Å². The number of carbonyl (C=O) groups excluding carboxylic acids is 2. The molecule has 7 nitrogen and oxygen atoms in total. The number of likely N-dealkylation sites (tertiary alicyclic amines) is 2. The SMILES string of the molecule is CN1C(=O)C[C@H](c2cnn(C)c2)C12CCN(C(=O)c1ccc[nH]1)CC2. The van der Waals surface area contributed by atoms with E-state index in [1.807, 2.05) is 42.4 Å². The molecule has 0 aromatic carbocycles. The summed E-state index contributed by atoms with van der Waals surface area (Å²) in [4.78, 5) is 31.8. The molecule has 0 saturated carbocycles.